The Balaban J connectivity index is 1.54. The van der Waals surface area contributed by atoms with Crippen molar-refractivity contribution in [1.82, 2.24) is 20.1 Å². The summed E-state index contributed by atoms with van der Waals surface area (Å²) >= 11 is 1.47. The molecule has 0 unspecified atom stereocenters. The molecule has 138 valence electrons. The van der Waals surface area contributed by atoms with Crippen molar-refractivity contribution >= 4 is 23.2 Å². The molecule has 0 atom stereocenters. The first-order chi connectivity index (χ1) is 12.5. The maximum absolute atomic E-state index is 12.7. The van der Waals surface area contributed by atoms with Gasteiger partial charge in [-0.2, -0.15) is 0 Å². The minimum absolute atomic E-state index is 0.0398. The fourth-order valence-electron chi connectivity index (χ4n) is 2.93. The molecule has 1 aliphatic rings. The fourth-order valence-corrected chi connectivity index (χ4v) is 3.89. The number of nitrogens with one attached hydrogen (secondary N) is 1. The van der Waals surface area contributed by atoms with E-state index in [2.05, 4.69) is 15.2 Å². The molecule has 2 aromatic heterocycles. The van der Waals surface area contributed by atoms with Crippen LogP contribution < -0.4 is 5.32 Å². The lowest BCUT2D eigenvalue weighted by Crippen LogP contribution is -2.51. The Labute approximate surface area is 157 Å². The van der Waals surface area contributed by atoms with E-state index in [1.54, 1.807) is 6.20 Å². The number of aromatic nitrogens is 1. The van der Waals surface area contributed by atoms with Gasteiger partial charge in [0.05, 0.1) is 22.0 Å². The van der Waals surface area contributed by atoms with Gasteiger partial charge >= 0.3 is 0 Å². The summed E-state index contributed by atoms with van der Waals surface area (Å²) in [7, 11) is 0. The Bertz CT molecular complexity index is 752. The molecule has 0 aromatic carbocycles. The standard InChI is InChI=1S/C19H24N4O2S/c1-14(2)21-18(24)13-22-9-11-23(12-10-22)19(25)17-7-6-16(26-17)15-5-3-4-8-20-15/h3-8,14H,9-13H2,1-2H3,(H,21,24). The minimum atomic E-state index is 0.0398. The van der Waals surface area contributed by atoms with Gasteiger partial charge in [0.25, 0.3) is 5.91 Å². The van der Waals surface area contributed by atoms with Crippen LogP contribution in [-0.4, -0.2) is 65.4 Å². The summed E-state index contributed by atoms with van der Waals surface area (Å²) in [6, 6.07) is 9.74. The van der Waals surface area contributed by atoms with Crippen LogP contribution in [0.5, 0.6) is 0 Å². The van der Waals surface area contributed by atoms with E-state index >= 15 is 0 Å². The Morgan fingerprint density at radius 1 is 1.15 bits per heavy atom. The Morgan fingerprint density at radius 2 is 1.92 bits per heavy atom. The smallest absolute Gasteiger partial charge is 0.264 e. The average molecular weight is 372 g/mol. The maximum atomic E-state index is 12.7. The van der Waals surface area contributed by atoms with Crippen LogP contribution in [-0.2, 0) is 4.79 Å². The van der Waals surface area contributed by atoms with E-state index in [4.69, 9.17) is 0 Å². The van der Waals surface area contributed by atoms with Gasteiger partial charge in [-0.3, -0.25) is 19.5 Å². The lowest BCUT2D eigenvalue weighted by atomic mass is 10.2. The predicted molar refractivity (Wildman–Crippen MR) is 103 cm³/mol. The van der Waals surface area contributed by atoms with Gasteiger partial charge in [-0.05, 0) is 38.1 Å². The van der Waals surface area contributed by atoms with Crippen molar-refractivity contribution in [3.05, 3.63) is 41.4 Å². The van der Waals surface area contributed by atoms with Crippen LogP contribution in [0.4, 0.5) is 0 Å². The summed E-state index contributed by atoms with van der Waals surface area (Å²) in [5.74, 6) is 0.0986. The second-order valence-electron chi connectivity index (χ2n) is 6.67. The summed E-state index contributed by atoms with van der Waals surface area (Å²) in [6.07, 6.45) is 1.76. The number of hydrogen-bond acceptors (Lipinski definition) is 5. The van der Waals surface area contributed by atoms with Gasteiger partial charge in [0, 0.05) is 38.4 Å². The number of piperazine rings is 1. The van der Waals surface area contributed by atoms with Crippen molar-refractivity contribution in [2.24, 2.45) is 0 Å². The van der Waals surface area contributed by atoms with Crippen LogP contribution in [0, 0.1) is 0 Å². The van der Waals surface area contributed by atoms with Gasteiger partial charge in [0.1, 0.15) is 0 Å². The zero-order chi connectivity index (χ0) is 18.5. The number of nitrogens with zero attached hydrogens (tertiary/aromatic N) is 3. The minimum Gasteiger partial charge on any atom is -0.353 e. The van der Waals surface area contributed by atoms with Crippen LogP contribution in [0.25, 0.3) is 10.6 Å². The number of amides is 2. The molecule has 7 heteroatoms. The molecule has 0 bridgehead atoms. The van der Waals surface area contributed by atoms with Crippen LogP contribution in [0.1, 0.15) is 23.5 Å². The summed E-state index contributed by atoms with van der Waals surface area (Å²) in [6.45, 7) is 7.02. The molecule has 3 rings (SSSR count). The van der Waals surface area contributed by atoms with E-state index < -0.39 is 0 Å². The van der Waals surface area contributed by atoms with Crippen molar-refractivity contribution in [3.63, 3.8) is 0 Å². The third-order valence-electron chi connectivity index (χ3n) is 4.21. The van der Waals surface area contributed by atoms with Crippen LogP contribution >= 0.6 is 11.3 Å². The van der Waals surface area contributed by atoms with Gasteiger partial charge in [0.2, 0.25) is 5.91 Å². The molecule has 0 radical (unpaired) electrons. The third-order valence-corrected chi connectivity index (χ3v) is 5.31. The first-order valence-corrected chi connectivity index (χ1v) is 9.67. The SMILES string of the molecule is CC(C)NC(=O)CN1CCN(C(=O)c2ccc(-c3ccccn3)s2)CC1. The molecule has 0 aliphatic carbocycles. The number of pyridine rings is 1. The lowest BCUT2D eigenvalue weighted by Gasteiger charge is -2.34. The van der Waals surface area contributed by atoms with Crippen molar-refractivity contribution in [2.45, 2.75) is 19.9 Å². The highest BCUT2D eigenvalue weighted by molar-refractivity contribution is 7.17. The number of hydrogen-bond donors (Lipinski definition) is 1. The van der Waals surface area contributed by atoms with Crippen LogP contribution in [0.2, 0.25) is 0 Å². The third kappa shape index (κ3) is 4.68. The summed E-state index contributed by atoms with van der Waals surface area (Å²) in [5.41, 5.74) is 0.887. The monoisotopic (exact) mass is 372 g/mol. The molecule has 3 heterocycles. The molecule has 26 heavy (non-hydrogen) atoms. The van der Waals surface area contributed by atoms with Gasteiger partial charge in [0.15, 0.2) is 0 Å². The molecular formula is C19H24N4O2S. The van der Waals surface area contributed by atoms with E-state index in [1.807, 2.05) is 49.1 Å². The molecule has 1 N–H and O–H groups in total. The largest absolute Gasteiger partial charge is 0.353 e. The van der Waals surface area contributed by atoms with Gasteiger partial charge in [-0.15, -0.1) is 11.3 Å². The van der Waals surface area contributed by atoms with E-state index in [0.29, 0.717) is 19.6 Å². The Hall–Kier alpha value is -2.25. The summed E-state index contributed by atoms with van der Waals surface area (Å²) in [4.78, 5) is 34.6. The van der Waals surface area contributed by atoms with Crippen LogP contribution in [0.15, 0.2) is 36.5 Å². The summed E-state index contributed by atoms with van der Waals surface area (Å²) < 4.78 is 0. The first kappa shape index (κ1) is 18.5. The highest BCUT2D eigenvalue weighted by Crippen LogP contribution is 2.27. The van der Waals surface area contributed by atoms with E-state index in [1.165, 1.54) is 11.3 Å². The Kier molecular flexibility index (Phi) is 6.00. The number of carbonyl (C=O) groups is 2. The van der Waals surface area contributed by atoms with Crippen LogP contribution in [0.3, 0.4) is 0 Å². The second-order valence-corrected chi connectivity index (χ2v) is 7.75. The van der Waals surface area contributed by atoms with Crippen molar-refractivity contribution in [3.8, 4) is 10.6 Å². The molecular weight excluding hydrogens is 348 g/mol. The zero-order valence-corrected chi connectivity index (χ0v) is 16.0. The lowest BCUT2D eigenvalue weighted by molar-refractivity contribution is -0.123. The predicted octanol–water partition coefficient (Wildman–Crippen LogP) is 2.09. The molecule has 1 saturated heterocycles. The topological polar surface area (TPSA) is 65.5 Å². The molecule has 1 aliphatic heterocycles. The highest BCUT2D eigenvalue weighted by atomic mass is 32.1. The van der Waals surface area contributed by atoms with E-state index in [-0.39, 0.29) is 17.9 Å². The molecule has 2 amide bonds. The highest BCUT2D eigenvalue weighted by Gasteiger charge is 2.24. The van der Waals surface area contributed by atoms with Gasteiger partial charge < -0.3 is 10.2 Å². The van der Waals surface area contributed by atoms with Gasteiger partial charge in [-0.25, -0.2) is 0 Å². The maximum Gasteiger partial charge on any atom is 0.264 e. The average Bonchev–Trinajstić information content (AvgIpc) is 3.12. The first-order valence-electron chi connectivity index (χ1n) is 8.85. The van der Waals surface area contributed by atoms with Gasteiger partial charge in [-0.1, -0.05) is 6.07 Å². The molecule has 0 saturated carbocycles. The summed E-state index contributed by atoms with van der Waals surface area (Å²) in [5, 5.41) is 2.90. The van der Waals surface area contributed by atoms with E-state index in [9.17, 15) is 9.59 Å². The number of rotatable bonds is 5. The normalized spacial score (nSPS) is 15.3. The number of carbonyl (C=O) groups excluding carboxylic acids is 2. The zero-order valence-electron chi connectivity index (χ0n) is 15.1. The fraction of sp³-hybridized carbons (Fsp3) is 0.421. The van der Waals surface area contributed by atoms with Crippen molar-refractivity contribution < 1.29 is 9.59 Å². The Morgan fingerprint density at radius 3 is 2.58 bits per heavy atom. The molecule has 2 aromatic rings. The second kappa shape index (κ2) is 8.42. The van der Waals surface area contributed by atoms with E-state index in [0.717, 1.165) is 28.5 Å². The molecule has 0 spiro atoms. The molecule has 1 fully saturated rings. The van der Waals surface area contributed by atoms with Crippen molar-refractivity contribution in [1.29, 1.82) is 0 Å². The molecule has 6 nitrogen and oxygen atoms in total. The van der Waals surface area contributed by atoms with Crippen molar-refractivity contribution in [2.75, 3.05) is 32.7 Å². The quantitative estimate of drug-likeness (QED) is 0.873. The number of thiophene rings is 1.